The quantitative estimate of drug-likeness (QED) is 0.861. The van der Waals surface area contributed by atoms with Gasteiger partial charge in [-0.1, -0.05) is 32.9 Å². The van der Waals surface area contributed by atoms with Gasteiger partial charge in [0.2, 0.25) is 5.91 Å². The van der Waals surface area contributed by atoms with Gasteiger partial charge < -0.3 is 4.90 Å². The fraction of sp³-hybridized carbons (Fsp3) is 0.833. The molecule has 1 aromatic heterocycles. The van der Waals surface area contributed by atoms with Gasteiger partial charge in [0.15, 0.2) is 0 Å². The largest absolute Gasteiger partial charge is 0.342 e. The average Bonchev–Trinajstić information content (AvgIpc) is 3.34. The molecule has 126 valence electrons. The number of amides is 1. The first-order chi connectivity index (χ1) is 10.8. The molecule has 23 heavy (non-hydrogen) atoms. The van der Waals surface area contributed by atoms with Crippen LogP contribution in [0.1, 0.15) is 71.0 Å². The minimum atomic E-state index is 0.131. The fourth-order valence-corrected chi connectivity index (χ4v) is 4.38. The maximum atomic E-state index is 12.8. The predicted molar refractivity (Wildman–Crippen MR) is 87.9 cm³/mol. The lowest BCUT2D eigenvalue weighted by Crippen LogP contribution is -2.41. The number of carbonyl (C=O) groups excluding carboxylic acids is 1. The minimum absolute atomic E-state index is 0.131. The second kappa shape index (κ2) is 4.81. The molecule has 0 atom stereocenters. The van der Waals surface area contributed by atoms with Crippen molar-refractivity contribution < 1.29 is 4.79 Å². The number of hydrogen-bond donors (Lipinski definition) is 0. The summed E-state index contributed by atoms with van der Waals surface area (Å²) >= 11 is 0. The molecule has 3 aliphatic rings. The smallest absolute Gasteiger partial charge is 0.226 e. The Balaban J connectivity index is 1.36. The molecule has 1 saturated heterocycles. The molecule has 1 aromatic rings. The first-order valence-corrected chi connectivity index (χ1v) is 9.03. The SMILES string of the molecule is CC1(C)C(C(=O)N2CCC(n3cc(C4CC4)nn3)CC2)C1(C)C. The normalized spacial score (nSPS) is 27.2. The summed E-state index contributed by atoms with van der Waals surface area (Å²) in [6.07, 6.45) is 6.64. The molecule has 0 bridgehead atoms. The second-order valence-corrected chi connectivity index (χ2v) is 8.83. The van der Waals surface area contributed by atoms with Crippen LogP contribution in [0.15, 0.2) is 6.20 Å². The van der Waals surface area contributed by atoms with E-state index in [0.717, 1.165) is 31.6 Å². The van der Waals surface area contributed by atoms with Gasteiger partial charge in [0.05, 0.1) is 11.7 Å². The molecule has 2 heterocycles. The van der Waals surface area contributed by atoms with E-state index in [1.165, 1.54) is 12.8 Å². The van der Waals surface area contributed by atoms with Crippen molar-refractivity contribution in [2.45, 2.75) is 65.3 Å². The topological polar surface area (TPSA) is 51.0 Å². The zero-order valence-electron chi connectivity index (χ0n) is 14.7. The van der Waals surface area contributed by atoms with Gasteiger partial charge in [0.25, 0.3) is 0 Å². The van der Waals surface area contributed by atoms with E-state index in [1.807, 2.05) is 4.68 Å². The zero-order chi connectivity index (χ0) is 16.4. The predicted octanol–water partition coefficient (Wildman–Crippen LogP) is 3.00. The Hall–Kier alpha value is -1.39. The molecule has 5 heteroatoms. The molecular formula is C18H28N4O. The molecule has 5 nitrogen and oxygen atoms in total. The number of likely N-dealkylation sites (tertiary alicyclic amines) is 1. The Morgan fingerprint density at radius 2 is 1.70 bits per heavy atom. The first-order valence-electron chi connectivity index (χ1n) is 9.03. The highest BCUT2D eigenvalue weighted by Crippen LogP contribution is 2.68. The third-order valence-electron chi connectivity index (χ3n) is 6.94. The maximum Gasteiger partial charge on any atom is 0.226 e. The van der Waals surface area contributed by atoms with Gasteiger partial charge >= 0.3 is 0 Å². The average molecular weight is 316 g/mol. The summed E-state index contributed by atoms with van der Waals surface area (Å²) < 4.78 is 2.04. The molecule has 0 spiro atoms. The van der Waals surface area contributed by atoms with Crippen LogP contribution in [0.2, 0.25) is 0 Å². The Kier molecular flexibility index (Phi) is 3.17. The van der Waals surface area contributed by atoms with Crippen LogP contribution in [0, 0.1) is 16.7 Å². The van der Waals surface area contributed by atoms with Crippen molar-refractivity contribution in [3.8, 4) is 0 Å². The van der Waals surface area contributed by atoms with Crippen molar-refractivity contribution in [2.24, 2.45) is 16.7 Å². The van der Waals surface area contributed by atoms with E-state index in [9.17, 15) is 4.79 Å². The molecule has 0 N–H and O–H groups in total. The third kappa shape index (κ3) is 2.31. The zero-order valence-corrected chi connectivity index (χ0v) is 14.7. The van der Waals surface area contributed by atoms with Crippen molar-refractivity contribution in [3.63, 3.8) is 0 Å². The number of carbonyl (C=O) groups is 1. The van der Waals surface area contributed by atoms with E-state index >= 15 is 0 Å². The van der Waals surface area contributed by atoms with Crippen molar-refractivity contribution in [2.75, 3.05) is 13.1 Å². The van der Waals surface area contributed by atoms with Crippen LogP contribution in [0.3, 0.4) is 0 Å². The molecule has 1 amide bonds. The van der Waals surface area contributed by atoms with Crippen LogP contribution in [-0.2, 0) is 4.79 Å². The number of piperidine rings is 1. The summed E-state index contributed by atoms with van der Waals surface area (Å²) in [5.41, 5.74) is 1.42. The fourth-order valence-electron chi connectivity index (χ4n) is 4.38. The van der Waals surface area contributed by atoms with Crippen molar-refractivity contribution in [3.05, 3.63) is 11.9 Å². The Morgan fingerprint density at radius 3 is 2.22 bits per heavy atom. The highest BCUT2D eigenvalue weighted by molar-refractivity contribution is 5.84. The number of nitrogens with zero attached hydrogens (tertiary/aromatic N) is 4. The van der Waals surface area contributed by atoms with E-state index < -0.39 is 0 Å². The molecule has 2 aliphatic carbocycles. The lowest BCUT2D eigenvalue weighted by atomic mass is 10.0. The molecule has 0 unspecified atom stereocenters. The molecule has 4 rings (SSSR count). The molecule has 1 aliphatic heterocycles. The number of aromatic nitrogens is 3. The summed E-state index contributed by atoms with van der Waals surface area (Å²) in [6, 6.07) is 0.402. The first kappa shape index (κ1) is 15.2. The van der Waals surface area contributed by atoms with Gasteiger partial charge in [0, 0.05) is 31.1 Å². The highest BCUT2D eigenvalue weighted by Gasteiger charge is 2.68. The maximum absolute atomic E-state index is 12.8. The van der Waals surface area contributed by atoms with Crippen molar-refractivity contribution >= 4 is 5.91 Å². The summed E-state index contributed by atoms with van der Waals surface area (Å²) in [6.45, 7) is 10.6. The van der Waals surface area contributed by atoms with E-state index in [0.29, 0.717) is 17.9 Å². The molecule has 2 saturated carbocycles. The van der Waals surface area contributed by atoms with Gasteiger partial charge in [-0.05, 0) is 36.5 Å². The lowest BCUT2D eigenvalue weighted by molar-refractivity contribution is -0.135. The van der Waals surface area contributed by atoms with E-state index in [2.05, 4.69) is 49.1 Å². The van der Waals surface area contributed by atoms with Gasteiger partial charge in [-0.15, -0.1) is 5.10 Å². The van der Waals surface area contributed by atoms with Gasteiger partial charge in [-0.3, -0.25) is 4.79 Å². The molecular weight excluding hydrogens is 288 g/mol. The summed E-state index contributed by atoms with van der Waals surface area (Å²) in [5.74, 6) is 1.19. The standard InChI is InChI=1S/C18H28N4O/c1-17(2)15(18(17,3)4)16(23)21-9-7-13(8-10-21)22-11-14(19-20-22)12-5-6-12/h11-13,15H,5-10H2,1-4H3. The summed E-state index contributed by atoms with van der Waals surface area (Å²) in [4.78, 5) is 14.9. The van der Waals surface area contributed by atoms with E-state index in [4.69, 9.17) is 0 Å². The van der Waals surface area contributed by atoms with Crippen LogP contribution < -0.4 is 0 Å². The van der Waals surface area contributed by atoms with Gasteiger partial charge in [-0.2, -0.15) is 0 Å². The highest BCUT2D eigenvalue weighted by atomic mass is 16.2. The summed E-state index contributed by atoms with van der Waals surface area (Å²) in [7, 11) is 0. The molecule has 0 radical (unpaired) electrons. The molecule has 3 fully saturated rings. The van der Waals surface area contributed by atoms with E-state index in [1.54, 1.807) is 0 Å². The lowest BCUT2D eigenvalue weighted by Gasteiger charge is -2.32. The molecule has 0 aromatic carbocycles. The van der Waals surface area contributed by atoms with Crippen LogP contribution >= 0.6 is 0 Å². The van der Waals surface area contributed by atoms with E-state index in [-0.39, 0.29) is 16.7 Å². The van der Waals surface area contributed by atoms with Gasteiger partial charge in [-0.25, -0.2) is 4.68 Å². The van der Waals surface area contributed by atoms with Crippen LogP contribution in [0.4, 0.5) is 0 Å². The number of rotatable bonds is 3. The van der Waals surface area contributed by atoms with Crippen molar-refractivity contribution in [1.29, 1.82) is 0 Å². The second-order valence-electron chi connectivity index (χ2n) is 8.83. The minimum Gasteiger partial charge on any atom is -0.342 e. The monoisotopic (exact) mass is 316 g/mol. The van der Waals surface area contributed by atoms with Crippen LogP contribution in [0.25, 0.3) is 0 Å². The summed E-state index contributed by atoms with van der Waals surface area (Å²) in [5, 5.41) is 8.64. The van der Waals surface area contributed by atoms with Gasteiger partial charge in [0.1, 0.15) is 0 Å². The van der Waals surface area contributed by atoms with Crippen molar-refractivity contribution in [1.82, 2.24) is 19.9 Å². The Bertz CT molecular complexity index is 607. The number of hydrogen-bond acceptors (Lipinski definition) is 3. The van der Waals surface area contributed by atoms with Crippen LogP contribution in [0.5, 0.6) is 0 Å². The third-order valence-corrected chi connectivity index (χ3v) is 6.94. The Labute approximate surface area is 138 Å². The van der Waals surface area contributed by atoms with Crippen LogP contribution in [-0.4, -0.2) is 38.9 Å². The Morgan fingerprint density at radius 1 is 1.09 bits per heavy atom.